The molecule has 1 aliphatic heterocycles. The van der Waals surface area contributed by atoms with Crippen LogP contribution >= 0.6 is 0 Å². The Morgan fingerprint density at radius 2 is 2.10 bits per heavy atom. The van der Waals surface area contributed by atoms with E-state index in [1.54, 1.807) is 11.8 Å². The molecule has 2 fully saturated rings. The van der Waals surface area contributed by atoms with Crippen molar-refractivity contribution in [1.29, 1.82) is 0 Å². The summed E-state index contributed by atoms with van der Waals surface area (Å²) in [7, 11) is 0. The molecule has 2 aliphatic rings. The lowest BCUT2D eigenvalue weighted by Gasteiger charge is -2.35. The van der Waals surface area contributed by atoms with Crippen LogP contribution in [0.25, 0.3) is 0 Å². The number of nitrogens with zero attached hydrogens (tertiary/aromatic N) is 1. The summed E-state index contributed by atoms with van der Waals surface area (Å²) >= 11 is 0. The van der Waals surface area contributed by atoms with Gasteiger partial charge < -0.3 is 20.1 Å². The molecule has 1 saturated heterocycles. The van der Waals surface area contributed by atoms with Gasteiger partial charge in [0.05, 0.1) is 6.10 Å². The fourth-order valence-electron chi connectivity index (χ4n) is 2.84. The van der Waals surface area contributed by atoms with Crippen molar-refractivity contribution in [3.8, 4) is 0 Å². The van der Waals surface area contributed by atoms with E-state index < -0.39 is 11.5 Å². The van der Waals surface area contributed by atoms with Gasteiger partial charge >= 0.3 is 12.0 Å². The second-order valence-corrected chi connectivity index (χ2v) is 6.29. The molecule has 2 amide bonds. The van der Waals surface area contributed by atoms with Crippen molar-refractivity contribution in [2.75, 3.05) is 19.7 Å². The standard InChI is InChI=1S/C15H26N2O4/c1-3-9-21-12-5-4-8-17(10-12)14(20)16-15(2,13(18)19)11-6-7-11/h11-12H,3-10H2,1-2H3,(H,16,20)(H,18,19). The van der Waals surface area contributed by atoms with Crippen molar-refractivity contribution in [3.63, 3.8) is 0 Å². The number of carbonyl (C=O) groups excluding carboxylic acids is 1. The number of likely N-dealkylation sites (tertiary alicyclic amines) is 1. The first-order chi connectivity index (χ1) is 9.97. The number of aliphatic carboxylic acids is 1. The molecular weight excluding hydrogens is 272 g/mol. The van der Waals surface area contributed by atoms with E-state index in [1.165, 1.54) is 0 Å². The van der Waals surface area contributed by atoms with Crippen LogP contribution < -0.4 is 5.32 Å². The van der Waals surface area contributed by atoms with E-state index in [1.807, 2.05) is 0 Å². The van der Waals surface area contributed by atoms with Crippen LogP contribution in [0, 0.1) is 5.92 Å². The molecule has 0 aromatic heterocycles. The van der Waals surface area contributed by atoms with E-state index in [0.717, 1.165) is 32.1 Å². The third-order valence-corrected chi connectivity index (χ3v) is 4.43. The average Bonchev–Trinajstić information content (AvgIpc) is 3.30. The number of carbonyl (C=O) groups is 2. The van der Waals surface area contributed by atoms with Crippen LogP contribution in [0.4, 0.5) is 4.79 Å². The molecule has 1 heterocycles. The first kappa shape index (κ1) is 16.1. The zero-order chi connectivity index (χ0) is 15.5. The summed E-state index contributed by atoms with van der Waals surface area (Å²) in [6, 6.07) is -0.281. The lowest BCUT2D eigenvalue weighted by molar-refractivity contribution is -0.144. The van der Waals surface area contributed by atoms with Crippen molar-refractivity contribution in [2.24, 2.45) is 5.92 Å². The number of nitrogens with one attached hydrogen (secondary N) is 1. The Labute approximate surface area is 125 Å². The van der Waals surface area contributed by atoms with Crippen molar-refractivity contribution in [1.82, 2.24) is 10.2 Å². The smallest absolute Gasteiger partial charge is 0.329 e. The molecule has 2 atom stereocenters. The van der Waals surface area contributed by atoms with Crippen LogP contribution in [0.5, 0.6) is 0 Å². The first-order valence-corrected chi connectivity index (χ1v) is 7.89. The Morgan fingerprint density at radius 3 is 2.67 bits per heavy atom. The second kappa shape index (κ2) is 6.64. The van der Waals surface area contributed by atoms with Crippen LogP contribution in [0.15, 0.2) is 0 Å². The maximum Gasteiger partial charge on any atom is 0.329 e. The summed E-state index contributed by atoms with van der Waals surface area (Å²) in [5, 5.41) is 12.1. The Hall–Kier alpha value is -1.30. The van der Waals surface area contributed by atoms with Gasteiger partial charge in [-0.3, -0.25) is 0 Å². The number of carboxylic acid groups (broad SMARTS) is 1. The van der Waals surface area contributed by atoms with E-state index in [0.29, 0.717) is 19.7 Å². The van der Waals surface area contributed by atoms with Gasteiger partial charge in [0.1, 0.15) is 5.54 Å². The van der Waals surface area contributed by atoms with Gasteiger partial charge in [0.25, 0.3) is 0 Å². The lowest BCUT2D eigenvalue weighted by Crippen LogP contribution is -2.59. The van der Waals surface area contributed by atoms with Crippen molar-refractivity contribution < 1.29 is 19.4 Å². The van der Waals surface area contributed by atoms with Gasteiger partial charge in [-0.25, -0.2) is 9.59 Å². The highest BCUT2D eigenvalue weighted by atomic mass is 16.5. The lowest BCUT2D eigenvalue weighted by atomic mass is 9.96. The number of carboxylic acids is 1. The summed E-state index contributed by atoms with van der Waals surface area (Å²) < 4.78 is 5.71. The molecule has 1 saturated carbocycles. The molecule has 6 heteroatoms. The van der Waals surface area contributed by atoms with E-state index in [9.17, 15) is 14.7 Å². The Kier molecular flexibility index (Phi) is 5.08. The number of rotatable bonds is 6. The van der Waals surface area contributed by atoms with E-state index >= 15 is 0 Å². The van der Waals surface area contributed by atoms with Crippen LogP contribution in [-0.4, -0.2) is 53.3 Å². The molecule has 0 spiro atoms. The summed E-state index contributed by atoms with van der Waals surface area (Å²) in [4.78, 5) is 25.5. The highest BCUT2D eigenvalue weighted by molar-refractivity contribution is 5.86. The molecule has 0 radical (unpaired) electrons. The van der Waals surface area contributed by atoms with Gasteiger partial charge in [0.15, 0.2) is 0 Å². The fraction of sp³-hybridized carbons (Fsp3) is 0.867. The van der Waals surface area contributed by atoms with Gasteiger partial charge in [-0.15, -0.1) is 0 Å². The van der Waals surface area contributed by atoms with Gasteiger partial charge in [-0.05, 0) is 44.9 Å². The summed E-state index contributed by atoms with van der Waals surface area (Å²) in [5.74, 6) is -0.898. The molecule has 2 N–H and O–H groups in total. The Morgan fingerprint density at radius 1 is 1.38 bits per heavy atom. The van der Waals surface area contributed by atoms with Crippen molar-refractivity contribution in [2.45, 2.75) is 57.6 Å². The van der Waals surface area contributed by atoms with E-state index in [4.69, 9.17) is 4.74 Å². The first-order valence-electron chi connectivity index (χ1n) is 7.89. The quantitative estimate of drug-likeness (QED) is 0.784. The predicted molar refractivity (Wildman–Crippen MR) is 78.1 cm³/mol. The molecule has 1 aliphatic carbocycles. The van der Waals surface area contributed by atoms with E-state index in [2.05, 4.69) is 12.2 Å². The minimum absolute atomic E-state index is 0.0517. The molecule has 6 nitrogen and oxygen atoms in total. The van der Waals surface area contributed by atoms with Gasteiger partial charge in [-0.2, -0.15) is 0 Å². The normalized spacial score (nSPS) is 25.2. The molecule has 0 aromatic carbocycles. The van der Waals surface area contributed by atoms with Crippen molar-refractivity contribution >= 4 is 12.0 Å². The van der Waals surface area contributed by atoms with Crippen LogP contribution in [0.2, 0.25) is 0 Å². The number of piperidine rings is 1. The molecule has 21 heavy (non-hydrogen) atoms. The third-order valence-electron chi connectivity index (χ3n) is 4.43. The summed E-state index contributed by atoms with van der Waals surface area (Å²) in [6.07, 6.45) is 4.62. The highest BCUT2D eigenvalue weighted by Crippen LogP contribution is 2.39. The number of urea groups is 1. The third kappa shape index (κ3) is 3.87. The van der Waals surface area contributed by atoms with Gasteiger partial charge in [0.2, 0.25) is 0 Å². The number of hydrogen-bond donors (Lipinski definition) is 2. The predicted octanol–water partition coefficient (Wildman–Crippen LogP) is 1.84. The largest absolute Gasteiger partial charge is 0.480 e. The minimum atomic E-state index is -1.14. The van der Waals surface area contributed by atoms with Crippen LogP contribution in [0.3, 0.4) is 0 Å². The zero-order valence-electron chi connectivity index (χ0n) is 12.9. The Bertz CT molecular complexity index is 397. The maximum absolute atomic E-state index is 12.4. The average molecular weight is 298 g/mol. The SMILES string of the molecule is CCCOC1CCCN(C(=O)NC(C)(C(=O)O)C2CC2)C1. The van der Waals surface area contributed by atoms with Crippen LogP contribution in [-0.2, 0) is 9.53 Å². The topological polar surface area (TPSA) is 78.9 Å². The van der Waals surface area contributed by atoms with Gasteiger partial charge in [0, 0.05) is 19.7 Å². The Balaban J connectivity index is 1.91. The number of ether oxygens (including phenoxy) is 1. The minimum Gasteiger partial charge on any atom is -0.480 e. The zero-order valence-corrected chi connectivity index (χ0v) is 12.9. The van der Waals surface area contributed by atoms with E-state index in [-0.39, 0.29) is 18.1 Å². The molecule has 0 aromatic rings. The number of amides is 2. The highest BCUT2D eigenvalue weighted by Gasteiger charge is 2.49. The van der Waals surface area contributed by atoms with Crippen LogP contribution in [0.1, 0.15) is 46.0 Å². The second-order valence-electron chi connectivity index (χ2n) is 6.29. The molecule has 2 rings (SSSR count). The maximum atomic E-state index is 12.4. The summed E-state index contributed by atoms with van der Waals surface area (Å²) in [5.41, 5.74) is -1.14. The molecule has 2 unspecified atom stereocenters. The van der Waals surface area contributed by atoms with Gasteiger partial charge in [-0.1, -0.05) is 6.92 Å². The molecule has 0 bridgehead atoms. The number of hydrogen-bond acceptors (Lipinski definition) is 3. The van der Waals surface area contributed by atoms with Crippen molar-refractivity contribution in [3.05, 3.63) is 0 Å². The molecule has 120 valence electrons. The molecular formula is C15H26N2O4. The monoisotopic (exact) mass is 298 g/mol. The fourth-order valence-corrected chi connectivity index (χ4v) is 2.84. The summed E-state index contributed by atoms with van der Waals surface area (Å²) in [6.45, 7) is 5.58.